The summed E-state index contributed by atoms with van der Waals surface area (Å²) in [6.45, 7) is 2.54. The summed E-state index contributed by atoms with van der Waals surface area (Å²) in [4.78, 5) is 37.3. The Hall–Kier alpha value is -2.76. The summed E-state index contributed by atoms with van der Waals surface area (Å²) in [5, 5.41) is 3.70. The molecule has 11 heteroatoms. The zero-order valence-electron chi connectivity index (χ0n) is 15.5. The Morgan fingerprint density at radius 2 is 1.83 bits per heavy atom. The SMILES string of the molecule is CCOC(=O)N(NC(=O)c1ccc(S(=O)(=O)N2CCC2)cc1)C(=O)c1ccsc1. The van der Waals surface area contributed by atoms with E-state index in [-0.39, 0.29) is 22.6 Å². The zero-order valence-corrected chi connectivity index (χ0v) is 17.2. The zero-order chi connectivity index (χ0) is 21.0. The Labute approximate surface area is 171 Å². The molecule has 3 amide bonds. The van der Waals surface area contributed by atoms with Crippen molar-refractivity contribution in [3.63, 3.8) is 0 Å². The second kappa shape index (κ2) is 8.72. The Balaban J connectivity index is 1.77. The highest BCUT2D eigenvalue weighted by Gasteiger charge is 2.30. The van der Waals surface area contributed by atoms with Gasteiger partial charge in [-0.1, -0.05) is 0 Å². The van der Waals surface area contributed by atoms with Crippen molar-refractivity contribution in [2.45, 2.75) is 18.2 Å². The van der Waals surface area contributed by atoms with E-state index in [2.05, 4.69) is 5.43 Å². The minimum absolute atomic E-state index is 0.0190. The van der Waals surface area contributed by atoms with Crippen LogP contribution in [0.1, 0.15) is 34.1 Å². The first kappa shape index (κ1) is 21.0. The van der Waals surface area contributed by atoms with Gasteiger partial charge in [0.25, 0.3) is 11.8 Å². The van der Waals surface area contributed by atoms with Gasteiger partial charge in [-0.3, -0.25) is 15.0 Å². The third-order valence-corrected chi connectivity index (χ3v) is 6.80. The molecule has 2 aromatic rings. The topological polar surface area (TPSA) is 113 Å². The molecule has 1 N–H and O–H groups in total. The lowest BCUT2D eigenvalue weighted by molar-refractivity contribution is 0.0506. The molecule has 0 saturated carbocycles. The van der Waals surface area contributed by atoms with Crippen LogP contribution < -0.4 is 5.43 Å². The summed E-state index contributed by atoms with van der Waals surface area (Å²) < 4.78 is 30.9. The molecule has 0 spiro atoms. The third kappa shape index (κ3) is 4.47. The van der Waals surface area contributed by atoms with Crippen molar-refractivity contribution in [1.29, 1.82) is 0 Å². The van der Waals surface area contributed by atoms with E-state index in [1.165, 1.54) is 51.4 Å². The molecule has 0 atom stereocenters. The van der Waals surface area contributed by atoms with E-state index in [1.807, 2.05) is 0 Å². The van der Waals surface area contributed by atoms with Gasteiger partial charge in [-0.2, -0.15) is 15.6 Å². The molecule has 1 saturated heterocycles. The number of nitrogens with zero attached hydrogens (tertiary/aromatic N) is 2. The first-order valence-electron chi connectivity index (χ1n) is 8.79. The fourth-order valence-corrected chi connectivity index (χ4v) is 4.65. The average molecular weight is 437 g/mol. The molecule has 1 aliphatic rings. The Morgan fingerprint density at radius 1 is 1.14 bits per heavy atom. The van der Waals surface area contributed by atoms with Crippen LogP contribution in [0.5, 0.6) is 0 Å². The third-order valence-electron chi connectivity index (χ3n) is 4.20. The quantitative estimate of drug-likeness (QED) is 0.717. The van der Waals surface area contributed by atoms with Gasteiger partial charge in [-0.15, -0.1) is 5.01 Å². The molecule has 1 aromatic heterocycles. The minimum Gasteiger partial charge on any atom is -0.448 e. The van der Waals surface area contributed by atoms with Gasteiger partial charge in [0.05, 0.1) is 17.1 Å². The van der Waals surface area contributed by atoms with Crippen LogP contribution in [0.25, 0.3) is 0 Å². The Morgan fingerprint density at radius 3 is 2.34 bits per heavy atom. The van der Waals surface area contributed by atoms with Crippen LogP contribution in [-0.4, -0.2) is 55.3 Å². The van der Waals surface area contributed by atoms with Crippen LogP contribution in [0.4, 0.5) is 4.79 Å². The number of carbonyl (C=O) groups excluding carboxylic acids is 3. The Bertz CT molecular complexity index is 999. The molecule has 2 heterocycles. The predicted octanol–water partition coefficient (Wildman–Crippen LogP) is 2.09. The second-order valence-corrected chi connectivity index (χ2v) is 8.79. The van der Waals surface area contributed by atoms with Crippen LogP contribution in [0.3, 0.4) is 0 Å². The van der Waals surface area contributed by atoms with E-state index in [9.17, 15) is 22.8 Å². The van der Waals surface area contributed by atoms with Crippen molar-refractivity contribution in [2.75, 3.05) is 19.7 Å². The lowest BCUT2D eigenvalue weighted by Gasteiger charge is -2.29. The Kier molecular flexibility index (Phi) is 6.30. The largest absolute Gasteiger partial charge is 0.448 e. The molecule has 9 nitrogen and oxygen atoms in total. The summed E-state index contributed by atoms with van der Waals surface area (Å²) in [6, 6.07) is 6.79. The molecule has 1 aliphatic heterocycles. The molecular weight excluding hydrogens is 418 g/mol. The molecular formula is C18H19N3O6S2. The molecule has 0 unspecified atom stereocenters. The first-order valence-corrected chi connectivity index (χ1v) is 11.2. The summed E-state index contributed by atoms with van der Waals surface area (Å²) in [5.41, 5.74) is 2.53. The number of hydrogen-bond donors (Lipinski definition) is 1. The van der Waals surface area contributed by atoms with Gasteiger partial charge in [-0.25, -0.2) is 13.2 Å². The van der Waals surface area contributed by atoms with E-state index < -0.39 is 27.9 Å². The number of sulfonamides is 1. The van der Waals surface area contributed by atoms with E-state index in [1.54, 1.807) is 12.3 Å². The number of rotatable bonds is 5. The van der Waals surface area contributed by atoms with Crippen LogP contribution in [-0.2, 0) is 14.8 Å². The highest BCUT2D eigenvalue weighted by atomic mass is 32.2. The molecule has 154 valence electrons. The van der Waals surface area contributed by atoms with Crippen molar-refractivity contribution in [3.8, 4) is 0 Å². The molecule has 0 radical (unpaired) electrons. The average Bonchev–Trinajstić information content (AvgIpc) is 3.18. The van der Waals surface area contributed by atoms with Crippen molar-refractivity contribution in [1.82, 2.24) is 14.7 Å². The van der Waals surface area contributed by atoms with Gasteiger partial charge >= 0.3 is 6.09 Å². The number of carbonyl (C=O) groups is 3. The van der Waals surface area contributed by atoms with Crippen LogP contribution in [0.15, 0.2) is 46.0 Å². The number of ether oxygens (including phenoxy) is 1. The smallest absolute Gasteiger partial charge is 0.436 e. The lowest BCUT2D eigenvalue weighted by atomic mass is 10.2. The van der Waals surface area contributed by atoms with Gasteiger partial charge in [0.15, 0.2) is 0 Å². The van der Waals surface area contributed by atoms with E-state index >= 15 is 0 Å². The summed E-state index contributed by atoms with van der Waals surface area (Å²) in [5.74, 6) is -1.50. The maximum atomic E-state index is 12.5. The highest BCUT2D eigenvalue weighted by Crippen LogP contribution is 2.21. The summed E-state index contributed by atoms with van der Waals surface area (Å²) >= 11 is 1.27. The second-order valence-electron chi connectivity index (χ2n) is 6.07. The first-order chi connectivity index (χ1) is 13.8. The van der Waals surface area contributed by atoms with Crippen molar-refractivity contribution < 1.29 is 27.5 Å². The van der Waals surface area contributed by atoms with Crippen molar-refractivity contribution >= 4 is 39.3 Å². The molecule has 1 fully saturated rings. The van der Waals surface area contributed by atoms with Gasteiger partial charge in [0, 0.05) is 24.0 Å². The summed E-state index contributed by atoms with van der Waals surface area (Å²) in [7, 11) is -3.57. The highest BCUT2D eigenvalue weighted by molar-refractivity contribution is 7.89. The number of hydrazine groups is 1. The van der Waals surface area contributed by atoms with Crippen LogP contribution >= 0.6 is 11.3 Å². The fraction of sp³-hybridized carbons (Fsp3) is 0.278. The number of imide groups is 1. The van der Waals surface area contributed by atoms with Gasteiger partial charge in [-0.05, 0) is 49.1 Å². The van der Waals surface area contributed by atoms with E-state index in [0.717, 1.165) is 6.42 Å². The van der Waals surface area contributed by atoms with Crippen molar-refractivity contribution in [3.05, 3.63) is 52.2 Å². The van der Waals surface area contributed by atoms with E-state index in [0.29, 0.717) is 18.1 Å². The van der Waals surface area contributed by atoms with Crippen LogP contribution in [0.2, 0.25) is 0 Å². The normalized spacial score (nSPS) is 14.0. The molecule has 0 bridgehead atoms. The molecule has 29 heavy (non-hydrogen) atoms. The monoisotopic (exact) mass is 437 g/mol. The van der Waals surface area contributed by atoms with E-state index in [4.69, 9.17) is 4.74 Å². The standard InChI is InChI=1S/C18H19N3O6S2/c1-2-27-18(24)21(17(23)14-8-11-28-12-14)19-16(22)13-4-6-15(7-5-13)29(25,26)20-9-3-10-20/h4-8,11-12H,2-3,9-10H2,1H3,(H,19,22). The van der Waals surface area contributed by atoms with Gasteiger partial charge < -0.3 is 4.74 Å². The maximum absolute atomic E-state index is 12.5. The lowest BCUT2D eigenvalue weighted by Crippen LogP contribution is -2.50. The summed E-state index contributed by atoms with van der Waals surface area (Å²) in [6.07, 6.45) is -0.198. The number of hydrogen-bond acceptors (Lipinski definition) is 7. The number of benzene rings is 1. The van der Waals surface area contributed by atoms with Gasteiger partial charge in [0.2, 0.25) is 10.0 Å². The number of amides is 3. The predicted molar refractivity (Wildman–Crippen MR) is 105 cm³/mol. The van der Waals surface area contributed by atoms with Crippen molar-refractivity contribution in [2.24, 2.45) is 0 Å². The molecule has 1 aromatic carbocycles. The molecule has 3 rings (SSSR count). The molecule has 0 aliphatic carbocycles. The minimum atomic E-state index is -3.57. The maximum Gasteiger partial charge on any atom is 0.436 e. The number of nitrogens with one attached hydrogen (secondary N) is 1. The van der Waals surface area contributed by atoms with Gasteiger partial charge in [0.1, 0.15) is 0 Å². The number of thiophene rings is 1. The van der Waals surface area contributed by atoms with Crippen LogP contribution in [0, 0.1) is 0 Å². The fourth-order valence-electron chi connectivity index (χ4n) is 2.50.